The molecule has 0 unspecified atom stereocenters. The van der Waals surface area contributed by atoms with E-state index in [9.17, 15) is 22.4 Å². The van der Waals surface area contributed by atoms with Gasteiger partial charge in [0.15, 0.2) is 0 Å². The van der Waals surface area contributed by atoms with Crippen molar-refractivity contribution in [1.82, 2.24) is 10.2 Å². The van der Waals surface area contributed by atoms with Gasteiger partial charge in [-0.3, -0.25) is 13.9 Å². The molecule has 2 amide bonds. The summed E-state index contributed by atoms with van der Waals surface area (Å²) in [6, 6.07) is 25.8. The second-order valence-electron chi connectivity index (χ2n) is 11.1. The van der Waals surface area contributed by atoms with Gasteiger partial charge in [-0.05, 0) is 71.6 Å². The van der Waals surface area contributed by atoms with Crippen LogP contribution < -0.4 is 14.4 Å². The molecule has 1 atom stereocenters. The maximum Gasteiger partial charge on any atom is 0.264 e. The number of nitrogens with zero attached hydrogens (tertiary/aromatic N) is 2. The topological polar surface area (TPSA) is 96.0 Å². The van der Waals surface area contributed by atoms with Crippen molar-refractivity contribution in [3.05, 3.63) is 125 Å². The van der Waals surface area contributed by atoms with E-state index in [-0.39, 0.29) is 35.4 Å². The quantitative estimate of drug-likeness (QED) is 0.176. The van der Waals surface area contributed by atoms with Crippen LogP contribution in [0.4, 0.5) is 10.1 Å². The van der Waals surface area contributed by atoms with Gasteiger partial charge in [0.2, 0.25) is 11.8 Å². The Morgan fingerprint density at radius 1 is 0.891 bits per heavy atom. The van der Waals surface area contributed by atoms with Crippen LogP contribution in [0.5, 0.6) is 5.75 Å². The third-order valence-electron chi connectivity index (χ3n) is 7.30. The van der Waals surface area contributed by atoms with E-state index >= 15 is 0 Å². The molecule has 0 aromatic heterocycles. The number of rotatable bonds is 14. The van der Waals surface area contributed by atoms with Crippen molar-refractivity contribution in [2.45, 2.75) is 37.8 Å². The number of amides is 2. The number of carbonyl (C=O) groups excluding carboxylic acids is 2. The monoisotopic (exact) mass is 665 g/mol. The SMILES string of the molecule is COc1ccc(S(=O)(=O)N(CC(=O)N(Cc2ccccc2Cl)[C@@H](Cc2ccccc2)C(=O)NCC(C)C)c2ccc(F)cc2)cc1. The van der Waals surface area contributed by atoms with Gasteiger partial charge in [-0.15, -0.1) is 0 Å². The zero-order valence-corrected chi connectivity index (χ0v) is 27.5. The van der Waals surface area contributed by atoms with Crippen LogP contribution in [0.15, 0.2) is 108 Å². The molecule has 0 aliphatic rings. The second kappa shape index (κ2) is 15.7. The summed E-state index contributed by atoms with van der Waals surface area (Å²) in [6.07, 6.45) is 0.169. The molecular formula is C35H37ClFN3O5S. The molecular weight excluding hydrogens is 629 g/mol. The number of hydrogen-bond acceptors (Lipinski definition) is 5. The number of anilines is 1. The summed E-state index contributed by atoms with van der Waals surface area (Å²) < 4.78 is 48.2. The fourth-order valence-electron chi connectivity index (χ4n) is 4.80. The summed E-state index contributed by atoms with van der Waals surface area (Å²) in [5, 5.41) is 3.34. The van der Waals surface area contributed by atoms with Gasteiger partial charge in [-0.1, -0.05) is 74.0 Å². The van der Waals surface area contributed by atoms with Gasteiger partial charge in [0.25, 0.3) is 10.0 Å². The minimum absolute atomic E-state index is 0.0645. The van der Waals surface area contributed by atoms with E-state index in [4.69, 9.17) is 16.3 Å². The summed E-state index contributed by atoms with van der Waals surface area (Å²) in [5.74, 6) is -1.00. The second-order valence-corrected chi connectivity index (χ2v) is 13.4. The molecule has 242 valence electrons. The van der Waals surface area contributed by atoms with Crippen molar-refractivity contribution >= 4 is 39.1 Å². The van der Waals surface area contributed by atoms with E-state index < -0.39 is 34.3 Å². The molecule has 4 rings (SSSR count). The number of sulfonamides is 1. The Bertz CT molecular complexity index is 1720. The van der Waals surface area contributed by atoms with Crippen LogP contribution >= 0.6 is 11.6 Å². The average molecular weight is 666 g/mol. The van der Waals surface area contributed by atoms with Crippen LogP contribution in [-0.2, 0) is 32.6 Å². The summed E-state index contributed by atoms with van der Waals surface area (Å²) in [5.41, 5.74) is 1.47. The van der Waals surface area contributed by atoms with Crippen molar-refractivity contribution < 1.29 is 27.1 Å². The largest absolute Gasteiger partial charge is 0.497 e. The van der Waals surface area contributed by atoms with Gasteiger partial charge in [-0.25, -0.2) is 12.8 Å². The summed E-state index contributed by atoms with van der Waals surface area (Å²) >= 11 is 6.52. The highest BCUT2D eigenvalue weighted by Gasteiger charge is 2.35. The summed E-state index contributed by atoms with van der Waals surface area (Å²) in [4.78, 5) is 29.6. The van der Waals surface area contributed by atoms with E-state index in [1.54, 1.807) is 24.3 Å². The molecule has 0 aliphatic carbocycles. The molecule has 0 aliphatic heterocycles. The lowest BCUT2D eigenvalue weighted by molar-refractivity contribution is -0.140. The highest BCUT2D eigenvalue weighted by Crippen LogP contribution is 2.27. The van der Waals surface area contributed by atoms with E-state index in [2.05, 4.69) is 5.32 Å². The Morgan fingerprint density at radius 2 is 1.52 bits per heavy atom. The Labute approximate surface area is 274 Å². The molecule has 8 nitrogen and oxygen atoms in total. The fourth-order valence-corrected chi connectivity index (χ4v) is 6.41. The minimum atomic E-state index is -4.35. The lowest BCUT2D eigenvalue weighted by Gasteiger charge is -2.34. The lowest BCUT2D eigenvalue weighted by atomic mass is 10.0. The molecule has 0 saturated heterocycles. The van der Waals surface area contributed by atoms with Crippen LogP contribution in [0.25, 0.3) is 0 Å². The Kier molecular flexibility index (Phi) is 11.8. The number of methoxy groups -OCH3 is 1. The van der Waals surface area contributed by atoms with Gasteiger partial charge in [0.05, 0.1) is 17.7 Å². The first-order valence-corrected chi connectivity index (χ1v) is 16.6. The first kappa shape index (κ1) is 34.5. The first-order chi connectivity index (χ1) is 22.0. The van der Waals surface area contributed by atoms with Crippen LogP contribution in [0, 0.1) is 11.7 Å². The zero-order chi connectivity index (χ0) is 33.3. The van der Waals surface area contributed by atoms with Crippen LogP contribution in [0.2, 0.25) is 5.02 Å². The molecule has 0 spiro atoms. The van der Waals surface area contributed by atoms with E-state index in [1.165, 1.54) is 48.4 Å². The average Bonchev–Trinajstić information content (AvgIpc) is 3.05. The summed E-state index contributed by atoms with van der Waals surface area (Å²) in [6.45, 7) is 3.57. The Hall–Kier alpha value is -4.41. The smallest absolute Gasteiger partial charge is 0.264 e. The molecule has 46 heavy (non-hydrogen) atoms. The highest BCUT2D eigenvalue weighted by atomic mass is 35.5. The summed E-state index contributed by atoms with van der Waals surface area (Å²) in [7, 11) is -2.88. The van der Waals surface area contributed by atoms with E-state index in [1.807, 2.05) is 44.2 Å². The third kappa shape index (κ3) is 8.86. The molecule has 0 radical (unpaired) electrons. The highest BCUT2D eigenvalue weighted by molar-refractivity contribution is 7.92. The first-order valence-electron chi connectivity index (χ1n) is 14.8. The third-order valence-corrected chi connectivity index (χ3v) is 9.45. The molecule has 11 heteroatoms. The van der Waals surface area contributed by atoms with Crippen LogP contribution in [0.3, 0.4) is 0 Å². The van der Waals surface area contributed by atoms with Crippen LogP contribution in [0.1, 0.15) is 25.0 Å². The van der Waals surface area contributed by atoms with Crippen molar-refractivity contribution in [2.24, 2.45) is 5.92 Å². The van der Waals surface area contributed by atoms with Gasteiger partial charge in [0, 0.05) is 24.5 Å². The number of hydrogen-bond donors (Lipinski definition) is 1. The maximum atomic E-state index is 14.5. The van der Waals surface area contributed by atoms with Crippen molar-refractivity contribution in [2.75, 3.05) is 24.5 Å². The number of ether oxygens (including phenoxy) is 1. The number of halogens is 2. The molecule has 0 bridgehead atoms. The molecule has 0 fully saturated rings. The molecule has 4 aromatic rings. The predicted octanol–water partition coefficient (Wildman–Crippen LogP) is 6.10. The maximum absolute atomic E-state index is 14.5. The minimum Gasteiger partial charge on any atom is -0.497 e. The van der Waals surface area contributed by atoms with Crippen molar-refractivity contribution in [1.29, 1.82) is 0 Å². The number of nitrogens with one attached hydrogen (secondary N) is 1. The normalized spacial score (nSPS) is 12.0. The molecule has 1 N–H and O–H groups in total. The van der Waals surface area contributed by atoms with Gasteiger partial charge >= 0.3 is 0 Å². The zero-order valence-electron chi connectivity index (χ0n) is 25.9. The van der Waals surface area contributed by atoms with Gasteiger partial charge < -0.3 is 15.0 Å². The van der Waals surface area contributed by atoms with E-state index in [0.29, 0.717) is 22.9 Å². The van der Waals surface area contributed by atoms with Crippen LogP contribution in [-0.4, -0.2) is 51.4 Å². The van der Waals surface area contributed by atoms with Crippen molar-refractivity contribution in [3.63, 3.8) is 0 Å². The number of carbonyl (C=O) groups is 2. The Morgan fingerprint density at radius 3 is 2.13 bits per heavy atom. The lowest BCUT2D eigenvalue weighted by Crippen LogP contribution is -2.53. The predicted molar refractivity (Wildman–Crippen MR) is 178 cm³/mol. The standard InChI is InChI=1S/C35H37ClFN3O5S/c1-25(2)22-38-35(42)33(21-26-9-5-4-6-10-26)39(23-27-11-7-8-12-32(27)36)34(41)24-40(29-15-13-28(37)14-16-29)46(43,44)31-19-17-30(45-3)18-20-31/h4-20,25,33H,21-24H2,1-3H3,(H,38,42)/t33-/m0/s1. The fraction of sp³-hybridized carbons (Fsp3) is 0.257. The van der Waals surface area contributed by atoms with Gasteiger partial charge in [0.1, 0.15) is 24.2 Å². The molecule has 4 aromatic carbocycles. The van der Waals surface area contributed by atoms with E-state index in [0.717, 1.165) is 22.0 Å². The Balaban J connectivity index is 1.80. The number of benzene rings is 4. The van der Waals surface area contributed by atoms with Gasteiger partial charge in [-0.2, -0.15) is 0 Å². The van der Waals surface area contributed by atoms with Crippen molar-refractivity contribution in [3.8, 4) is 5.75 Å². The molecule has 0 saturated carbocycles. The molecule has 0 heterocycles.